The van der Waals surface area contributed by atoms with Gasteiger partial charge < -0.3 is 9.30 Å². The van der Waals surface area contributed by atoms with Crippen LogP contribution in [0.25, 0.3) is 0 Å². The molecule has 1 aliphatic rings. The SMILES string of the molecule is Cc1cc(NN(C=O)c2ccc(F)cc2Cl)cc(=O)n1Cc1ccccc1CN1CCOCC1. The highest BCUT2D eigenvalue weighted by atomic mass is 35.5. The first-order chi connectivity index (χ1) is 16.4. The average molecular weight is 485 g/mol. The van der Waals surface area contributed by atoms with Crippen molar-refractivity contribution in [1.29, 1.82) is 0 Å². The van der Waals surface area contributed by atoms with Gasteiger partial charge in [-0.25, -0.2) is 9.40 Å². The summed E-state index contributed by atoms with van der Waals surface area (Å²) in [6, 6.07) is 15.0. The molecule has 0 atom stereocenters. The van der Waals surface area contributed by atoms with E-state index < -0.39 is 5.82 Å². The number of aromatic nitrogens is 1. The zero-order chi connectivity index (χ0) is 24.1. The van der Waals surface area contributed by atoms with Crippen LogP contribution in [0, 0.1) is 12.7 Å². The van der Waals surface area contributed by atoms with Gasteiger partial charge in [0.05, 0.1) is 36.2 Å². The zero-order valence-corrected chi connectivity index (χ0v) is 19.6. The minimum atomic E-state index is -0.507. The topological polar surface area (TPSA) is 66.8 Å². The van der Waals surface area contributed by atoms with Gasteiger partial charge in [-0.1, -0.05) is 35.9 Å². The third kappa shape index (κ3) is 5.64. The molecule has 0 unspecified atom stereocenters. The van der Waals surface area contributed by atoms with Gasteiger partial charge in [-0.3, -0.25) is 19.9 Å². The Morgan fingerprint density at radius 3 is 2.44 bits per heavy atom. The fourth-order valence-electron chi connectivity index (χ4n) is 3.99. The maximum absolute atomic E-state index is 13.4. The summed E-state index contributed by atoms with van der Waals surface area (Å²) < 4.78 is 20.5. The molecule has 9 heteroatoms. The van der Waals surface area contributed by atoms with E-state index in [1.807, 2.05) is 25.1 Å². The second-order valence-electron chi connectivity index (χ2n) is 8.15. The van der Waals surface area contributed by atoms with E-state index in [9.17, 15) is 14.0 Å². The highest BCUT2D eigenvalue weighted by Crippen LogP contribution is 2.26. The number of ether oxygens (including phenoxy) is 1. The Morgan fingerprint density at radius 2 is 1.79 bits per heavy atom. The standard InChI is InChI=1S/C25H26ClFN4O3/c1-18-12-22(28-31(17-32)24-7-6-21(27)13-23(24)26)14-25(33)30(18)16-20-5-3-2-4-19(20)15-29-8-10-34-11-9-29/h2-7,12-14,17,28H,8-11,15-16H2,1H3. The first kappa shape index (κ1) is 23.9. The Balaban J connectivity index is 1.54. The van der Waals surface area contributed by atoms with Crippen LogP contribution in [0.3, 0.4) is 0 Å². The number of hydrogen-bond donors (Lipinski definition) is 1. The Kier molecular flexibility index (Phi) is 7.62. The molecule has 1 fully saturated rings. The van der Waals surface area contributed by atoms with Gasteiger partial charge in [0.2, 0.25) is 6.41 Å². The Hall–Kier alpha value is -3.20. The summed E-state index contributed by atoms with van der Waals surface area (Å²) in [4.78, 5) is 27.0. The molecule has 0 radical (unpaired) electrons. The Morgan fingerprint density at radius 1 is 1.09 bits per heavy atom. The number of nitrogens with one attached hydrogen (secondary N) is 1. The fraction of sp³-hybridized carbons (Fsp3) is 0.280. The number of halogens is 2. The van der Waals surface area contributed by atoms with Crippen molar-refractivity contribution < 1.29 is 13.9 Å². The Bertz CT molecular complexity index is 1230. The van der Waals surface area contributed by atoms with Gasteiger partial charge in [-0.15, -0.1) is 0 Å². The average Bonchev–Trinajstić information content (AvgIpc) is 2.82. The van der Waals surface area contributed by atoms with Crippen LogP contribution in [0.4, 0.5) is 15.8 Å². The summed E-state index contributed by atoms with van der Waals surface area (Å²) in [5, 5.41) is 1.18. The number of hydrogen-bond acceptors (Lipinski definition) is 5. The molecule has 2 aromatic carbocycles. The fourth-order valence-corrected chi connectivity index (χ4v) is 4.25. The zero-order valence-electron chi connectivity index (χ0n) is 18.8. The van der Waals surface area contributed by atoms with Crippen LogP contribution in [0.15, 0.2) is 59.4 Å². The van der Waals surface area contributed by atoms with Gasteiger partial charge in [0, 0.05) is 31.4 Å². The highest BCUT2D eigenvalue weighted by Gasteiger charge is 2.15. The highest BCUT2D eigenvalue weighted by molar-refractivity contribution is 6.33. The van der Waals surface area contributed by atoms with Crippen molar-refractivity contribution in [3.63, 3.8) is 0 Å². The first-order valence-corrected chi connectivity index (χ1v) is 11.4. The molecule has 0 bridgehead atoms. The number of anilines is 2. The molecule has 0 spiro atoms. The maximum Gasteiger partial charge on any atom is 0.253 e. The molecule has 0 aliphatic carbocycles. The Labute approximate surface area is 202 Å². The number of rotatable bonds is 8. The maximum atomic E-state index is 13.4. The van der Waals surface area contributed by atoms with E-state index in [2.05, 4.69) is 16.4 Å². The molecule has 0 saturated carbocycles. The van der Waals surface area contributed by atoms with Crippen molar-refractivity contribution in [2.24, 2.45) is 0 Å². The molecule has 1 saturated heterocycles. The predicted molar refractivity (Wildman–Crippen MR) is 131 cm³/mol. The normalized spacial score (nSPS) is 14.1. The van der Waals surface area contributed by atoms with Gasteiger partial charge >= 0.3 is 0 Å². The van der Waals surface area contributed by atoms with Crippen LogP contribution in [-0.4, -0.2) is 42.2 Å². The van der Waals surface area contributed by atoms with Gasteiger partial charge in [-0.05, 0) is 42.3 Å². The largest absolute Gasteiger partial charge is 0.379 e. The number of benzene rings is 2. The molecule has 1 aromatic heterocycles. The number of hydrazine groups is 1. The lowest BCUT2D eigenvalue weighted by Gasteiger charge is -2.27. The second-order valence-corrected chi connectivity index (χ2v) is 8.56. The molecule has 4 rings (SSSR count). The summed E-state index contributed by atoms with van der Waals surface area (Å²) in [7, 11) is 0. The van der Waals surface area contributed by atoms with Crippen molar-refractivity contribution in [1.82, 2.24) is 9.47 Å². The molecule has 178 valence electrons. The van der Waals surface area contributed by atoms with Crippen molar-refractivity contribution in [3.8, 4) is 0 Å². The molecule has 1 aliphatic heterocycles. The molecule has 2 heterocycles. The molecule has 1 amide bonds. The number of nitrogens with zero attached hydrogens (tertiary/aromatic N) is 3. The van der Waals surface area contributed by atoms with E-state index in [4.69, 9.17) is 16.3 Å². The van der Waals surface area contributed by atoms with Crippen LogP contribution in [-0.2, 0) is 22.6 Å². The lowest BCUT2D eigenvalue weighted by atomic mass is 10.1. The van der Waals surface area contributed by atoms with Crippen molar-refractivity contribution in [2.75, 3.05) is 36.7 Å². The number of aryl methyl sites for hydroxylation is 1. The van der Waals surface area contributed by atoms with E-state index in [1.54, 1.807) is 10.6 Å². The van der Waals surface area contributed by atoms with Crippen LogP contribution in [0.2, 0.25) is 5.02 Å². The smallest absolute Gasteiger partial charge is 0.253 e. The third-order valence-electron chi connectivity index (χ3n) is 5.80. The van der Waals surface area contributed by atoms with Crippen LogP contribution in [0.1, 0.15) is 16.8 Å². The minimum absolute atomic E-state index is 0.0709. The molecule has 3 aromatic rings. The van der Waals surface area contributed by atoms with Crippen LogP contribution >= 0.6 is 11.6 Å². The van der Waals surface area contributed by atoms with Crippen LogP contribution in [0.5, 0.6) is 0 Å². The quantitative estimate of drug-likeness (QED) is 0.389. The molecular formula is C25H26ClFN4O3. The summed E-state index contributed by atoms with van der Waals surface area (Å²) in [5.41, 5.74) is 6.34. The van der Waals surface area contributed by atoms with E-state index in [1.165, 1.54) is 23.8 Å². The van der Waals surface area contributed by atoms with Gasteiger partial charge in [0.1, 0.15) is 5.82 Å². The molecule has 1 N–H and O–H groups in total. The lowest BCUT2D eigenvalue weighted by molar-refractivity contribution is -0.107. The number of amides is 1. The summed E-state index contributed by atoms with van der Waals surface area (Å²) in [5.74, 6) is -0.507. The number of carbonyl (C=O) groups excluding carboxylic acids is 1. The van der Waals surface area contributed by atoms with E-state index in [0.29, 0.717) is 18.6 Å². The molecule has 7 nitrogen and oxygen atoms in total. The number of carbonyl (C=O) groups is 1. The van der Waals surface area contributed by atoms with Crippen LogP contribution < -0.4 is 16.0 Å². The summed E-state index contributed by atoms with van der Waals surface area (Å²) >= 11 is 6.08. The van der Waals surface area contributed by atoms with E-state index in [-0.39, 0.29) is 16.3 Å². The molecule has 34 heavy (non-hydrogen) atoms. The van der Waals surface area contributed by atoms with Crippen molar-refractivity contribution in [2.45, 2.75) is 20.0 Å². The first-order valence-electron chi connectivity index (χ1n) is 11.0. The predicted octanol–water partition coefficient (Wildman–Crippen LogP) is 3.82. The summed E-state index contributed by atoms with van der Waals surface area (Å²) in [6.07, 6.45) is 0.516. The minimum Gasteiger partial charge on any atom is -0.379 e. The van der Waals surface area contributed by atoms with Crippen molar-refractivity contribution in [3.05, 3.63) is 92.6 Å². The summed E-state index contributed by atoms with van der Waals surface area (Å²) in [6.45, 7) is 6.32. The van der Waals surface area contributed by atoms with Gasteiger partial charge in [0.25, 0.3) is 5.56 Å². The lowest BCUT2D eigenvalue weighted by Crippen LogP contribution is -2.36. The van der Waals surface area contributed by atoms with Gasteiger partial charge in [0.15, 0.2) is 0 Å². The molecular weight excluding hydrogens is 459 g/mol. The van der Waals surface area contributed by atoms with Gasteiger partial charge in [-0.2, -0.15) is 0 Å². The third-order valence-corrected chi connectivity index (χ3v) is 6.11. The number of pyridine rings is 1. The van der Waals surface area contributed by atoms with E-state index >= 15 is 0 Å². The van der Waals surface area contributed by atoms with Crippen molar-refractivity contribution >= 4 is 29.4 Å². The van der Waals surface area contributed by atoms with E-state index in [0.717, 1.165) is 55.2 Å². The monoisotopic (exact) mass is 484 g/mol. The second kappa shape index (κ2) is 10.8. The number of morpholine rings is 1.